The zero-order chi connectivity index (χ0) is 20.4. The molecule has 1 aliphatic rings. The van der Waals surface area contributed by atoms with Gasteiger partial charge in [0, 0.05) is 57.1 Å². The van der Waals surface area contributed by atoms with Gasteiger partial charge in [-0.2, -0.15) is 0 Å². The van der Waals surface area contributed by atoms with E-state index in [9.17, 15) is 4.79 Å². The molecule has 1 aromatic carbocycles. The number of guanidine groups is 1. The third-order valence-corrected chi connectivity index (χ3v) is 4.73. The second kappa shape index (κ2) is 11.1. The van der Waals surface area contributed by atoms with Crippen molar-refractivity contribution < 1.29 is 4.79 Å². The zero-order valence-corrected chi connectivity index (χ0v) is 17.9. The van der Waals surface area contributed by atoms with E-state index in [4.69, 9.17) is 4.99 Å². The minimum atomic E-state index is 0.116. The van der Waals surface area contributed by atoms with E-state index in [1.165, 1.54) is 5.56 Å². The Labute approximate surface area is 170 Å². The van der Waals surface area contributed by atoms with Crippen LogP contribution in [0.15, 0.2) is 35.3 Å². The van der Waals surface area contributed by atoms with E-state index in [1.54, 1.807) is 0 Å². The van der Waals surface area contributed by atoms with Crippen molar-refractivity contribution in [3.63, 3.8) is 0 Å². The molecule has 1 amide bonds. The molecule has 1 saturated heterocycles. The molecular weight excluding hydrogens is 350 g/mol. The molecule has 28 heavy (non-hydrogen) atoms. The molecule has 1 heterocycles. The van der Waals surface area contributed by atoms with Gasteiger partial charge in [0.1, 0.15) is 0 Å². The number of aliphatic imine (C=N–C) groups is 1. The maximum atomic E-state index is 12.3. The summed E-state index contributed by atoms with van der Waals surface area (Å²) in [6, 6.07) is 10.3. The van der Waals surface area contributed by atoms with Gasteiger partial charge in [0.15, 0.2) is 5.96 Å². The molecule has 1 fully saturated rings. The highest BCUT2D eigenvalue weighted by Crippen LogP contribution is 2.18. The third kappa shape index (κ3) is 8.30. The molecule has 0 spiro atoms. The monoisotopic (exact) mass is 387 g/mol. The summed E-state index contributed by atoms with van der Waals surface area (Å²) >= 11 is 0. The SMILES string of the molecule is CCNC(=NCC1CC(=O)N(CCc2ccccc2)C1)NCCNC(C)(C)C. The number of amides is 1. The molecule has 156 valence electrons. The topological polar surface area (TPSA) is 68.8 Å². The Balaban J connectivity index is 1.76. The molecule has 3 N–H and O–H groups in total. The Bertz CT molecular complexity index is 624. The van der Waals surface area contributed by atoms with Crippen molar-refractivity contribution in [2.24, 2.45) is 10.9 Å². The highest BCUT2D eigenvalue weighted by atomic mass is 16.2. The summed E-state index contributed by atoms with van der Waals surface area (Å²) in [5, 5.41) is 10.1. The molecule has 0 bridgehead atoms. The van der Waals surface area contributed by atoms with Crippen LogP contribution in [0.1, 0.15) is 39.7 Å². The minimum Gasteiger partial charge on any atom is -0.357 e. The maximum Gasteiger partial charge on any atom is 0.223 e. The molecule has 0 aliphatic carbocycles. The fraction of sp³-hybridized carbons (Fsp3) is 0.636. The number of hydrogen-bond acceptors (Lipinski definition) is 3. The summed E-state index contributed by atoms with van der Waals surface area (Å²) in [4.78, 5) is 19.0. The number of carbonyl (C=O) groups is 1. The van der Waals surface area contributed by atoms with Gasteiger partial charge in [-0.3, -0.25) is 9.79 Å². The third-order valence-electron chi connectivity index (χ3n) is 4.73. The van der Waals surface area contributed by atoms with Crippen LogP contribution >= 0.6 is 0 Å². The van der Waals surface area contributed by atoms with E-state index < -0.39 is 0 Å². The Morgan fingerprint density at radius 1 is 1.18 bits per heavy atom. The van der Waals surface area contributed by atoms with Crippen molar-refractivity contribution in [2.75, 3.05) is 39.3 Å². The fourth-order valence-corrected chi connectivity index (χ4v) is 3.28. The van der Waals surface area contributed by atoms with E-state index in [0.717, 1.165) is 45.1 Å². The van der Waals surface area contributed by atoms with E-state index in [1.807, 2.05) is 23.1 Å². The number of rotatable bonds is 9. The molecule has 1 aliphatic heterocycles. The zero-order valence-electron chi connectivity index (χ0n) is 17.9. The molecule has 1 unspecified atom stereocenters. The first-order valence-corrected chi connectivity index (χ1v) is 10.5. The average Bonchev–Trinajstić information content (AvgIpc) is 3.01. The molecule has 2 rings (SSSR count). The van der Waals surface area contributed by atoms with Gasteiger partial charge in [-0.25, -0.2) is 0 Å². The van der Waals surface area contributed by atoms with Crippen LogP contribution in [0.3, 0.4) is 0 Å². The smallest absolute Gasteiger partial charge is 0.223 e. The number of carbonyl (C=O) groups excluding carboxylic acids is 1. The molecule has 6 heteroatoms. The first kappa shape index (κ1) is 22.2. The van der Waals surface area contributed by atoms with Gasteiger partial charge >= 0.3 is 0 Å². The fourth-order valence-electron chi connectivity index (χ4n) is 3.28. The lowest BCUT2D eigenvalue weighted by Gasteiger charge is -2.21. The highest BCUT2D eigenvalue weighted by molar-refractivity contribution is 5.80. The molecular formula is C22H37N5O. The van der Waals surface area contributed by atoms with Crippen LogP contribution in [-0.4, -0.2) is 61.6 Å². The lowest BCUT2D eigenvalue weighted by molar-refractivity contribution is -0.127. The molecule has 1 aromatic rings. The van der Waals surface area contributed by atoms with Crippen LogP contribution in [-0.2, 0) is 11.2 Å². The largest absolute Gasteiger partial charge is 0.357 e. The molecule has 1 atom stereocenters. The van der Waals surface area contributed by atoms with Gasteiger partial charge in [0.05, 0.1) is 0 Å². The van der Waals surface area contributed by atoms with Crippen molar-refractivity contribution in [3.8, 4) is 0 Å². The van der Waals surface area contributed by atoms with Crippen molar-refractivity contribution in [1.29, 1.82) is 0 Å². The molecule has 0 aromatic heterocycles. The van der Waals surface area contributed by atoms with Crippen molar-refractivity contribution >= 4 is 11.9 Å². The predicted octanol–water partition coefficient (Wildman–Crippen LogP) is 2.02. The summed E-state index contributed by atoms with van der Waals surface area (Å²) in [7, 11) is 0. The van der Waals surface area contributed by atoms with E-state index in [-0.39, 0.29) is 11.4 Å². The van der Waals surface area contributed by atoms with Crippen LogP contribution < -0.4 is 16.0 Å². The van der Waals surface area contributed by atoms with Crippen LogP contribution in [0.2, 0.25) is 0 Å². The molecule has 0 saturated carbocycles. The lowest BCUT2D eigenvalue weighted by Crippen LogP contribution is -2.44. The summed E-state index contributed by atoms with van der Waals surface area (Å²) in [5.74, 6) is 1.38. The minimum absolute atomic E-state index is 0.116. The second-order valence-electron chi connectivity index (χ2n) is 8.47. The van der Waals surface area contributed by atoms with Crippen LogP contribution in [0.5, 0.6) is 0 Å². The van der Waals surface area contributed by atoms with Gasteiger partial charge < -0.3 is 20.9 Å². The first-order valence-electron chi connectivity index (χ1n) is 10.5. The first-order chi connectivity index (χ1) is 13.4. The lowest BCUT2D eigenvalue weighted by atomic mass is 10.1. The van der Waals surface area contributed by atoms with Gasteiger partial charge in [0.25, 0.3) is 0 Å². The Hall–Kier alpha value is -2.08. The van der Waals surface area contributed by atoms with Gasteiger partial charge in [-0.15, -0.1) is 0 Å². The molecule has 6 nitrogen and oxygen atoms in total. The summed E-state index contributed by atoms with van der Waals surface area (Å²) in [6.07, 6.45) is 1.51. The molecule has 0 radical (unpaired) electrons. The Morgan fingerprint density at radius 2 is 1.93 bits per heavy atom. The van der Waals surface area contributed by atoms with E-state index >= 15 is 0 Å². The van der Waals surface area contributed by atoms with Crippen LogP contribution in [0.4, 0.5) is 0 Å². The maximum absolute atomic E-state index is 12.3. The van der Waals surface area contributed by atoms with E-state index in [0.29, 0.717) is 18.9 Å². The van der Waals surface area contributed by atoms with Crippen molar-refractivity contribution in [3.05, 3.63) is 35.9 Å². The van der Waals surface area contributed by atoms with Crippen LogP contribution in [0.25, 0.3) is 0 Å². The number of benzene rings is 1. The summed E-state index contributed by atoms with van der Waals surface area (Å²) < 4.78 is 0. The van der Waals surface area contributed by atoms with Crippen LogP contribution in [0, 0.1) is 5.92 Å². The summed E-state index contributed by atoms with van der Waals surface area (Å²) in [6.45, 7) is 13.3. The predicted molar refractivity (Wildman–Crippen MR) is 117 cm³/mol. The highest BCUT2D eigenvalue weighted by Gasteiger charge is 2.29. The number of nitrogens with one attached hydrogen (secondary N) is 3. The standard InChI is InChI=1S/C22H37N5O/c1-5-23-21(24-12-13-26-22(2,3)4)25-16-19-15-20(28)27(17-19)14-11-18-9-7-6-8-10-18/h6-10,19,26H,5,11-17H2,1-4H3,(H2,23,24,25). The number of nitrogens with zero attached hydrogens (tertiary/aromatic N) is 2. The normalized spacial score (nSPS) is 17.9. The Kier molecular flexibility index (Phi) is 8.77. The van der Waals surface area contributed by atoms with Gasteiger partial charge in [-0.1, -0.05) is 30.3 Å². The number of likely N-dealkylation sites (tertiary alicyclic amines) is 1. The van der Waals surface area contributed by atoms with E-state index in [2.05, 4.69) is 55.8 Å². The Morgan fingerprint density at radius 3 is 2.61 bits per heavy atom. The summed E-state index contributed by atoms with van der Waals surface area (Å²) in [5.41, 5.74) is 1.39. The van der Waals surface area contributed by atoms with Crippen molar-refractivity contribution in [2.45, 2.75) is 46.1 Å². The quantitative estimate of drug-likeness (QED) is 0.344. The van der Waals surface area contributed by atoms with Gasteiger partial charge in [0.2, 0.25) is 5.91 Å². The average molecular weight is 388 g/mol. The number of hydrogen-bond donors (Lipinski definition) is 3. The van der Waals surface area contributed by atoms with Gasteiger partial charge in [-0.05, 0) is 39.7 Å². The second-order valence-corrected chi connectivity index (χ2v) is 8.47. The van der Waals surface area contributed by atoms with Crippen molar-refractivity contribution in [1.82, 2.24) is 20.9 Å².